The molecule has 0 fully saturated rings. The number of rotatable bonds is 5. The van der Waals surface area contributed by atoms with Crippen molar-refractivity contribution in [3.05, 3.63) is 53.7 Å². The number of pyridine rings is 2. The molecule has 0 saturated carbocycles. The van der Waals surface area contributed by atoms with E-state index in [2.05, 4.69) is 9.97 Å². The minimum absolute atomic E-state index is 0.0285. The molecule has 0 aromatic carbocycles. The number of aromatic carboxylic acids is 1. The Morgan fingerprint density at radius 3 is 2.75 bits per heavy atom. The number of carboxylic acid groups (broad SMARTS) is 1. The van der Waals surface area contributed by atoms with Crippen LogP contribution in [0, 0.1) is 5.82 Å². The van der Waals surface area contributed by atoms with Crippen LogP contribution in [0.3, 0.4) is 0 Å². The fourth-order valence-electron chi connectivity index (χ4n) is 1.80. The highest BCUT2D eigenvalue weighted by Crippen LogP contribution is 2.18. The largest absolute Gasteiger partial charge is 0.478 e. The standard InChI is InChI=1S/C14H14FN3O2/c1-18(9-6-10-4-2-3-7-16-10)13-12(15)11(14(19)20)5-8-17-13/h2-5,7-8H,6,9H2,1H3,(H,19,20). The van der Waals surface area contributed by atoms with Crippen molar-refractivity contribution in [2.45, 2.75) is 6.42 Å². The lowest BCUT2D eigenvalue weighted by Crippen LogP contribution is -2.23. The van der Waals surface area contributed by atoms with Crippen molar-refractivity contribution < 1.29 is 14.3 Å². The van der Waals surface area contributed by atoms with Gasteiger partial charge in [-0.3, -0.25) is 4.98 Å². The molecule has 2 rings (SSSR count). The summed E-state index contributed by atoms with van der Waals surface area (Å²) < 4.78 is 14.0. The van der Waals surface area contributed by atoms with Gasteiger partial charge in [-0.1, -0.05) is 6.07 Å². The van der Waals surface area contributed by atoms with Crippen LogP contribution in [0.25, 0.3) is 0 Å². The second-order valence-corrected chi connectivity index (χ2v) is 4.29. The van der Waals surface area contributed by atoms with E-state index < -0.39 is 11.8 Å². The van der Waals surface area contributed by atoms with Crippen LogP contribution < -0.4 is 4.90 Å². The van der Waals surface area contributed by atoms with Gasteiger partial charge in [0.2, 0.25) is 0 Å². The predicted octanol–water partition coefficient (Wildman–Crippen LogP) is 1.99. The fraction of sp³-hybridized carbons (Fsp3) is 0.214. The molecule has 0 aliphatic heterocycles. The van der Waals surface area contributed by atoms with E-state index in [0.29, 0.717) is 13.0 Å². The molecule has 6 heteroatoms. The van der Waals surface area contributed by atoms with Gasteiger partial charge in [0, 0.05) is 38.1 Å². The smallest absolute Gasteiger partial charge is 0.338 e. The molecule has 0 unspecified atom stereocenters. The van der Waals surface area contributed by atoms with Gasteiger partial charge in [-0.15, -0.1) is 0 Å². The highest BCUT2D eigenvalue weighted by Gasteiger charge is 2.17. The van der Waals surface area contributed by atoms with Crippen LogP contribution in [0.15, 0.2) is 36.7 Å². The van der Waals surface area contributed by atoms with E-state index in [9.17, 15) is 9.18 Å². The minimum atomic E-state index is -1.30. The van der Waals surface area contributed by atoms with Gasteiger partial charge in [-0.05, 0) is 18.2 Å². The summed E-state index contributed by atoms with van der Waals surface area (Å²) >= 11 is 0. The van der Waals surface area contributed by atoms with Crippen LogP contribution in [0.1, 0.15) is 16.1 Å². The first-order chi connectivity index (χ1) is 9.59. The van der Waals surface area contributed by atoms with Crippen LogP contribution in [0.5, 0.6) is 0 Å². The second-order valence-electron chi connectivity index (χ2n) is 4.29. The highest BCUT2D eigenvalue weighted by molar-refractivity contribution is 5.88. The first kappa shape index (κ1) is 13.9. The van der Waals surface area contributed by atoms with Crippen LogP contribution in [-0.2, 0) is 6.42 Å². The van der Waals surface area contributed by atoms with E-state index in [1.807, 2.05) is 18.2 Å². The maximum absolute atomic E-state index is 14.0. The van der Waals surface area contributed by atoms with Crippen molar-refractivity contribution in [2.75, 3.05) is 18.5 Å². The molecule has 2 aromatic rings. The summed E-state index contributed by atoms with van der Waals surface area (Å²) in [5.74, 6) is -2.09. The Bertz CT molecular complexity index is 605. The Labute approximate surface area is 115 Å². The molecular formula is C14H14FN3O2. The first-order valence-corrected chi connectivity index (χ1v) is 6.08. The summed E-state index contributed by atoms with van der Waals surface area (Å²) in [5, 5.41) is 8.88. The van der Waals surface area contributed by atoms with E-state index in [1.54, 1.807) is 18.1 Å². The summed E-state index contributed by atoms with van der Waals surface area (Å²) in [6, 6.07) is 6.73. The SMILES string of the molecule is CN(CCc1ccccn1)c1nccc(C(=O)O)c1F. The molecular weight excluding hydrogens is 261 g/mol. The average Bonchev–Trinajstić information content (AvgIpc) is 2.46. The fourth-order valence-corrected chi connectivity index (χ4v) is 1.80. The molecule has 0 atom stereocenters. The third-order valence-electron chi connectivity index (χ3n) is 2.89. The molecule has 5 nitrogen and oxygen atoms in total. The summed E-state index contributed by atoms with van der Waals surface area (Å²) in [6.45, 7) is 0.490. The Balaban J connectivity index is 2.11. The zero-order valence-electron chi connectivity index (χ0n) is 11.0. The third kappa shape index (κ3) is 3.09. The Kier molecular flexibility index (Phi) is 4.24. The summed E-state index contributed by atoms with van der Waals surface area (Å²) in [6.07, 6.45) is 3.61. The number of aromatic nitrogens is 2. The lowest BCUT2D eigenvalue weighted by atomic mass is 10.2. The van der Waals surface area contributed by atoms with Crippen LogP contribution in [-0.4, -0.2) is 34.6 Å². The van der Waals surface area contributed by atoms with Gasteiger partial charge in [-0.25, -0.2) is 14.2 Å². The van der Waals surface area contributed by atoms with Crippen molar-refractivity contribution in [3.8, 4) is 0 Å². The number of likely N-dealkylation sites (N-methyl/N-ethyl adjacent to an activating group) is 1. The summed E-state index contributed by atoms with van der Waals surface area (Å²) in [5.41, 5.74) is 0.508. The predicted molar refractivity (Wildman–Crippen MR) is 72.4 cm³/mol. The van der Waals surface area contributed by atoms with Crippen LogP contribution >= 0.6 is 0 Å². The number of carboxylic acids is 1. The Morgan fingerprint density at radius 2 is 2.10 bits per heavy atom. The van der Waals surface area contributed by atoms with E-state index in [-0.39, 0.29) is 11.4 Å². The van der Waals surface area contributed by atoms with Gasteiger partial charge in [0.25, 0.3) is 0 Å². The molecule has 0 aliphatic rings. The maximum atomic E-state index is 14.0. The van der Waals surface area contributed by atoms with Gasteiger partial charge in [0.1, 0.15) is 5.56 Å². The quantitative estimate of drug-likeness (QED) is 0.904. The molecule has 0 spiro atoms. The number of carbonyl (C=O) groups is 1. The Hall–Kier alpha value is -2.50. The minimum Gasteiger partial charge on any atom is -0.478 e. The maximum Gasteiger partial charge on any atom is 0.338 e. The van der Waals surface area contributed by atoms with Crippen LogP contribution in [0.2, 0.25) is 0 Å². The molecule has 104 valence electrons. The zero-order valence-corrected chi connectivity index (χ0v) is 11.0. The molecule has 20 heavy (non-hydrogen) atoms. The topological polar surface area (TPSA) is 66.3 Å². The van der Waals surface area contributed by atoms with E-state index in [1.165, 1.54) is 6.20 Å². The lowest BCUT2D eigenvalue weighted by Gasteiger charge is -2.18. The monoisotopic (exact) mass is 275 g/mol. The van der Waals surface area contributed by atoms with Gasteiger partial charge in [0.15, 0.2) is 11.6 Å². The molecule has 2 aromatic heterocycles. The van der Waals surface area contributed by atoms with Gasteiger partial charge in [0.05, 0.1) is 0 Å². The van der Waals surface area contributed by atoms with Crippen molar-refractivity contribution in [3.63, 3.8) is 0 Å². The summed E-state index contributed by atoms with van der Waals surface area (Å²) in [4.78, 5) is 20.5. The van der Waals surface area contributed by atoms with Crippen molar-refractivity contribution in [2.24, 2.45) is 0 Å². The van der Waals surface area contributed by atoms with Crippen LogP contribution in [0.4, 0.5) is 10.2 Å². The van der Waals surface area contributed by atoms with Crippen molar-refractivity contribution in [1.29, 1.82) is 0 Å². The first-order valence-electron chi connectivity index (χ1n) is 6.08. The van der Waals surface area contributed by atoms with Gasteiger partial charge in [-0.2, -0.15) is 0 Å². The Morgan fingerprint density at radius 1 is 1.30 bits per heavy atom. The number of halogens is 1. The van der Waals surface area contributed by atoms with E-state index in [4.69, 9.17) is 5.11 Å². The van der Waals surface area contributed by atoms with Crippen molar-refractivity contribution in [1.82, 2.24) is 9.97 Å². The second kappa shape index (κ2) is 6.10. The zero-order chi connectivity index (χ0) is 14.5. The number of hydrogen-bond donors (Lipinski definition) is 1. The molecule has 0 amide bonds. The average molecular weight is 275 g/mol. The highest BCUT2D eigenvalue weighted by atomic mass is 19.1. The normalized spacial score (nSPS) is 10.3. The summed E-state index contributed by atoms with van der Waals surface area (Å²) in [7, 11) is 1.67. The lowest BCUT2D eigenvalue weighted by molar-refractivity contribution is 0.0692. The van der Waals surface area contributed by atoms with Gasteiger partial charge < -0.3 is 10.0 Å². The van der Waals surface area contributed by atoms with E-state index >= 15 is 0 Å². The molecule has 0 bridgehead atoms. The van der Waals surface area contributed by atoms with Crippen molar-refractivity contribution >= 4 is 11.8 Å². The van der Waals surface area contributed by atoms with Gasteiger partial charge >= 0.3 is 5.97 Å². The molecule has 2 heterocycles. The number of nitrogens with zero attached hydrogens (tertiary/aromatic N) is 3. The molecule has 0 radical (unpaired) electrons. The number of hydrogen-bond acceptors (Lipinski definition) is 4. The number of anilines is 1. The molecule has 1 N–H and O–H groups in total. The molecule has 0 aliphatic carbocycles. The van der Waals surface area contributed by atoms with E-state index in [0.717, 1.165) is 11.8 Å². The molecule has 0 saturated heterocycles. The third-order valence-corrected chi connectivity index (χ3v) is 2.89.